The van der Waals surface area contributed by atoms with Crippen LogP contribution >= 0.6 is 23.4 Å². The molecular formula is C18H19ClN2O3S. The van der Waals surface area contributed by atoms with Gasteiger partial charge >= 0.3 is 5.97 Å². The number of carbonyl (C=O) groups is 2. The highest BCUT2D eigenvalue weighted by Crippen LogP contribution is 2.43. The van der Waals surface area contributed by atoms with E-state index in [1.54, 1.807) is 37.8 Å². The molecule has 1 fully saturated rings. The molecule has 0 aromatic heterocycles. The predicted octanol–water partition coefficient (Wildman–Crippen LogP) is 3.94. The molecule has 132 valence electrons. The minimum absolute atomic E-state index is 0.0638. The third kappa shape index (κ3) is 3.33. The summed E-state index contributed by atoms with van der Waals surface area (Å²) in [6, 6.07) is 6.60. The summed E-state index contributed by atoms with van der Waals surface area (Å²) >= 11 is 7.40. The Labute approximate surface area is 156 Å². The van der Waals surface area contributed by atoms with Crippen molar-refractivity contribution >= 4 is 40.4 Å². The van der Waals surface area contributed by atoms with Crippen LogP contribution in [-0.4, -0.2) is 33.3 Å². The number of carbonyl (C=O) groups excluding carboxylic acids is 2. The first-order valence-electron chi connectivity index (χ1n) is 8.05. The molecule has 0 saturated carbocycles. The highest BCUT2D eigenvalue weighted by Gasteiger charge is 2.46. The van der Waals surface area contributed by atoms with Crippen molar-refractivity contribution < 1.29 is 14.3 Å². The Kier molecular flexibility index (Phi) is 4.93. The fourth-order valence-electron chi connectivity index (χ4n) is 2.90. The zero-order valence-corrected chi connectivity index (χ0v) is 16.0. The number of hydrogen-bond acceptors (Lipinski definition) is 5. The van der Waals surface area contributed by atoms with Gasteiger partial charge in [0.25, 0.3) is 0 Å². The lowest BCUT2D eigenvalue weighted by molar-refractivity contribution is -0.143. The Morgan fingerprint density at radius 3 is 2.56 bits per heavy atom. The van der Waals surface area contributed by atoms with Crippen molar-refractivity contribution in [3.8, 4) is 0 Å². The van der Waals surface area contributed by atoms with E-state index in [0.717, 1.165) is 5.56 Å². The van der Waals surface area contributed by atoms with Crippen LogP contribution < -0.4 is 0 Å². The van der Waals surface area contributed by atoms with Gasteiger partial charge in [-0.1, -0.05) is 35.5 Å². The molecule has 0 bridgehead atoms. The number of benzene rings is 1. The highest BCUT2D eigenvalue weighted by molar-refractivity contribution is 8.15. The molecule has 1 aromatic carbocycles. The third-order valence-electron chi connectivity index (χ3n) is 4.01. The molecule has 7 heteroatoms. The molecule has 1 aromatic rings. The fourth-order valence-corrected chi connectivity index (χ4v) is 4.06. The average molecular weight is 379 g/mol. The van der Waals surface area contributed by atoms with Gasteiger partial charge in [0.05, 0.1) is 28.7 Å². The van der Waals surface area contributed by atoms with Crippen LogP contribution in [0.1, 0.15) is 39.3 Å². The summed E-state index contributed by atoms with van der Waals surface area (Å²) in [5.41, 5.74) is 1.77. The van der Waals surface area contributed by atoms with E-state index >= 15 is 0 Å². The molecule has 2 heterocycles. The largest absolute Gasteiger partial charge is 0.459 e. The Balaban J connectivity index is 2.12. The average Bonchev–Trinajstić information content (AvgIpc) is 2.80. The van der Waals surface area contributed by atoms with E-state index in [0.29, 0.717) is 21.5 Å². The lowest BCUT2D eigenvalue weighted by atomic mass is 9.94. The number of aliphatic imine (C=N–C) groups is 1. The summed E-state index contributed by atoms with van der Waals surface area (Å²) in [6.07, 6.45) is -0.258. The van der Waals surface area contributed by atoms with Crippen LogP contribution in [0.2, 0.25) is 5.02 Å². The number of amidine groups is 1. The molecule has 5 nitrogen and oxygen atoms in total. The zero-order chi connectivity index (χ0) is 18.3. The smallest absolute Gasteiger partial charge is 0.338 e. The van der Waals surface area contributed by atoms with E-state index in [4.69, 9.17) is 16.3 Å². The van der Waals surface area contributed by atoms with E-state index in [9.17, 15) is 9.59 Å². The quantitative estimate of drug-likeness (QED) is 0.747. The molecule has 2 atom stereocenters. The summed E-state index contributed by atoms with van der Waals surface area (Å²) in [5, 5.41) is 0.980. The predicted molar refractivity (Wildman–Crippen MR) is 99.5 cm³/mol. The summed E-state index contributed by atoms with van der Waals surface area (Å²) in [5.74, 6) is -0.515. The van der Waals surface area contributed by atoms with Crippen LogP contribution in [0, 0.1) is 0 Å². The normalized spacial score (nSPS) is 23.0. The van der Waals surface area contributed by atoms with Crippen molar-refractivity contribution in [1.29, 1.82) is 0 Å². The van der Waals surface area contributed by atoms with Gasteiger partial charge in [0, 0.05) is 5.02 Å². The Morgan fingerprint density at radius 1 is 1.32 bits per heavy atom. The van der Waals surface area contributed by atoms with Crippen LogP contribution in [0.3, 0.4) is 0 Å². The van der Waals surface area contributed by atoms with E-state index < -0.39 is 12.0 Å². The number of amides is 1. The number of halogens is 1. The number of thioether (sulfide) groups is 1. The van der Waals surface area contributed by atoms with E-state index in [-0.39, 0.29) is 17.3 Å². The lowest BCUT2D eigenvalue weighted by Crippen LogP contribution is -2.40. The van der Waals surface area contributed by atoms with E-state index in [1.165, 1.54) is 11.8 Å². The lowest BCUT2D eigenvalue weighted by Gasteiger charge is -2.33. The molecule has 1 amide bonds. The molecule has 3 rings (SSSR count). The second-order valence-corrected chi connectivity index (χ2v) is 8.01. The van der Waals surface area contributed by atoms with Gasteiger partial charge in [0.1, 0.15) is 0 Å². The van der Waals surface area contributed by atoms with Crippen molar-refractivity contribution in [2.24, 2.45) is 4.99 Å². The number of hydrogen-bond donors (Lipinski definition) is 0. The summed E-state index contributed by atoms with van der Waals surface area (Å²) in [7, 11) is 0. The number of allylic oxidation sites excluding steroid dienone is 1. The molecule has 0 aliphatic carbocycles. The molecule has 2 aliphatic heterocycles. The second kappa shape index (κ2) is 6.84. The number of fused-ring (bicyclic) bond motifs is 1. The van der Waals surface area contributed by atoms with Gasteiger partial charge in [-0.3, -0.25) is 9.69 Å². The number of rotatable bonds is 3. The zero-order valence-electron chi connectivity index (χ0n) is 14.4. The maximum atomic E-state index is 12.7. The van der Waals surface area contributed by atoms with Crippen molar-refractivity contribution in [2.45, 2.75) is 45.1 Å². The van der Waals surface area contributed by atoms with Gasteiger partial charge < -0.3 is 4.74 Å². The molecule has 0 spiro atoms. The third-order valence-corrected chi connectivity index (χ3v) is 5.31. The second-order valence-electron chi connectivity index (χ2n) is 6.27. The number of nitrogens with zero attached hydrogens (tertiary/aromatic N) is 2. The van der Waals surface area contributed by atoms with Crippen LogP contribution in [0.15, 0.2) is 40.5 Å². The topological polar surface area (TPSA) is 59.0 Å². The van der Waals surface area contributed by atoms with Gasteiger partial charge in [-0.15, -0.1) is 0 Å². The van der Waals surface area contributed by atoms with Crippen molar-refractivity contribution in [3.63, 3.8) is 0 Å². The molecule has 25 heavy (non-hydrogen) atoms. The Hall–Kier alpha value is -1.79. The Morgan fingerprint density at radius 2 is 1.96 bits per heavy atom. The summed E-state index contributed by atoms with van der Waals surface area (Å²) < 4.78 is 5.41. The molecular weight excluding hydrogens is 360 g/mol. The molecule has 0 unspecified atom stereocenters. The highest BCUT2D eigenvalue weighted by atomic mass is 35.5. The number of ether oxygens (including phenoxy) is 1. The van der Waals surface area contributed by atoms with Crippen LogP contribution in [-0.2, 0) is 14.3 Å². The van der Waals surface area contributed by atoms with Gasteiger partial charge in [-0.25, -0.2) is 9.79 Å². The van der Waals surface area contributed by atoms with E-state index in [1.807, 2.05) is 19.1 Å². The molecule has 1 saturated heterocycles. The first kappa shape index (κ1) is 18.0. The molecule has 0 radical (unpaired) electrons. The summed E-state index contributed by atoms with van der Waals surface area (Å²) in [6.45, 7) is 7.20. The van der Waals surface area contributed by atoms with Crippen molar-refractivity contribution in [3.05, 3.63) is 46.1 Å². The minimum atomic E-state index is -0.555. The number of esters is 1. The monoisotopic (exact) mass is 378 g/mol. The molecule has 0 N–H and O–H groups in total. The van der Waals surface area contributed by atoms with Crippen LogP contribution in [0.25, 0.3) is 0 Å². The first-order chi connectivity index (χ1) is 11.8. The first-order valence-corrected chi connectivity index (χ1v) is 9.31. The Bertz CT molecular complexity index is 786. The molecule has 2 aliphatic rings. The van der Waals surface area contributed by atoms with Gasteiger partial charge in [0.15, 0.2) is 5.17 Å². The SMILES string of the molecule is CC1=C(C(=O)OC(C)C)[C@@H](c2ccc(Cl)cc2)N2C(=O)[C@@H](C)SC2=N1. The van der Waals surface area contributed by atoms with Crippen molar-refractivity contribution in [2.75, 3.05) is 0 Å². The van der Waals surface area contributed by atoms with Gasteiger partial charge in [0.2, 0.25) is 5.91 Å². The van der Waals surface area contributed by atoms with E-state index in [2.05, 4.69) is 4.99 Å². The standard InChI is InChI=1S/C18H19ClN2O3S/c1-9(2)24-17(23)14-10(3)20-18-21(16(22)11(4)25-18)15(14)12-5-7-13(19)8-6-12/h5-9,11,15H,1-4H3/t11-,15-/m1/s1. The van der Waals surface area contributed by atoms with Gasteiger partial charge in [-0.05, 0) is 45.4 Å². The van der Waals surface area contributed by atoms with Crippen molar-refractivity contribution in [1.82, 2.24) is 4.90 Å². The maximum Gasteiger partial charge on any atom is 0.338 e. The summed E-state index contributed by atoms with van der Waals surface area (Å²) in [4.78, 5) is 31.5. The van der Waals surface area contributed by atoms with Gasteiger partial charge in [-0.2, -0.15) is 0 Å². The fraction of sp³-hybridized carbons (Fsp3) is 0.389. The minimum Gasteiger partial charge on any atom is -0.459 e. The van der Waals surface area contributed by atoms with Crippen LogP contribution in [0.5, 0.6) is 0 Å². The maximum absolute atomic E-state index is 12.7. The van der Waals surface area contributed by atoms with Crippen LogP contribution in [0.4, 0.5) is 0 Å².